The molecular weight excluding hydrogens is 748 g/mol. The molecule has 3 fully saturated rings. The molecule has 4 aliphatic rings. The fourth-order valence-electron chi connectivity index (χ4n) is 6.67. The molecule has 2 unspecified atom stereocenters. The van der Waals surface area contributed by atoms with Crippen molar-refractivity contribution in [2.75, 3.05) is 13.2 Å². The van der Waals surface area contributed by atoms with Gasteiger partial charge in [0.1, 0.15) is 28.8 Å². The average Bonchev–Trinajstić information content (AvgIpc) is 3.41. The van der Waals surface area contributed by atoms with Crippen molar-refractivity contribution in [2.24, 2.45) is 0 Å². The molecule has 13 nitrogen and oxygen atoms in total. The zero-order chi connectivity index (χ0) is 38.3. The van der Waals surface area contributed by atoms with E-state index < -0.39 is 84.1 Å². The summed E-state index contributed by atoms with van der Waals surface area (Å²) in [6, 6.07) is 8.27. The first-order chi connectivity index (χ1) is 24.9. The van der Waals surface area contributed by atoms with E-state index in [1.54, 1.807) is 0 Å². The van der Waals surface area contributed by atoms with Gasteiger partial charge < -0.3 is 39.2 Å². The van der Waals surface area contributed by atoms with Crippen LogP contribution in [0.4, 0.5) is 26.3 Å². The lowest BCUT2D eigenvalue weighted by molar-refractivity contribution is -0.286. The number of carboxylic acids is 1. The predicted molar refractivity (Wildman–Crippen MR) is 166 cm³/mol. The minimum Gasteiger partial charge on any atom is -0.484 e. The maximum Gasteiger partial charge on any atom is 0.586 e. The standard InChI is InChI=1S/C33H28ClF6N3O10/c34-20-4-1-17(11-21(20)35)50-16-27(46)43(28(29(47)48)51-19-3-6-24(41-14-19)32(36,37)38)30-7-9-31(10-8-30,25(44)13-30)42-26(45)15-49-18-2-5-22-23(12-18)53-33(39,40)52-22/h1-6,11-12,14,25,28,44H,7-10,13,15-16H2,(H,42,45)(H,47,48). The number of rotatable bonds is 12. The number of carbonyl (C=O) groups excluding carboxylic acids is 2. The number of hydrogen-bond acceptors (Lipinski definition) is 10. The van der Waals surface area contributed by atoms with Gasteiger partial charge in [-0.25, -0.2) is 14.2 Å². The highest BCUT2D eigenvalue weighted by Gasteiger charge is 2.60. The van der Waals surface area contributed by atoms with Crippen molar-refractivity contribution in [3.8, 4) is 28.7 Å². The maximum atomic E-state index is 14.0. The second kappa shape index (κ2) is 14.0. The maximum absolute atomic E-state index is 14.0. The zero-order valence-corrected chi connectivity index (χ0v) is 27.8. The molecular formula is C33H28ClF6N3O10. The van der Waals surface area contributed by atoms with Crippen molar-refractivity contribution in [1.29, 1.82) is 0 Å². The van der Waals surface area contributed by atoms with Crippen molar-refractivity contribution < 1.29 is 74.6 Å². The Morgan fingerprint density at radius 1 is 0.962 bits per heavy atom. The number of ether oxygens (including phenoxy) is 5. The van der Waals surface area contributed by atoms with Crippen molar-refractivity contribution >= 4 is 29.4 Å². The van der Waals surface area contributed by atoms with Gasteiger partial charge in [-0.2, -0.15) is 13.2 Å². The van der Waals surface area contributed by atoms with Crippen molar-refractivity contribution in [3.63, 3.8) is 0 Å². The number of carboxylic acid groups (broad SMARTS) is 1. The molecule has 7 rings (SSSR count). The number of nitrogens with one attached hydrogen (secondary N) is 1. The number of aliphatic hydroxyl groups is 1. The van der Waals surface area contributed by atoms with Crippen molar-refractivity contribution in [2.45, 2.75) is 68.0 Å². The predicted octanol–water partition coefficient (Wildman–Crippen LogP) is 4.92. The smallest absolute Gasteiger partial charge is 0.484 e. The Morgan fingerprint density at radius 3 is 2.23 bits per heavy atom. The second-order valence-electron chi connectivity index (χ2n) is 12.5. The van der Waals surface area contributed by atoms with Gasteiger partial charge in [0.2, 0.25) is 0 Å². The molecule has 53 heavy (non-hydrogen) atoms. The molecule has 1 aromatic heterocycles. The summed E-state index contributed by atoms with van der Waals surface area (Å²) in [6.45, 7) is -1.45. The van der Waals surface area contributed by atoms with Gasteiger partial charge in [0.05, 0.1) is 22.9 Å². The molecule has 0 radical (unpaired) electrons. The summed E-state index contributed by atoms with van der Waals surface area (Å²) in [5.74, 6) is -5.36. The van der Waals surface area contributed by atoms with E-state index in [1.165, 1.54) is 24.3 Å². The van der Waals surface area contributed by atoms with E-state index in [0.717, 1.165) is 23.1 Å². The molecule has 2 atom stereocenters. The summed E-state index contributed by atoms with van der Waals surface area (Å²) in [5, 5.41) is 24.2. The number of aliphatic hydroxyl groups excluding tert-OH is 1. The highest BCUT2D eigenvalue weighted by molar-refractivity contribution is 6.30. The van der Waals surface area contributed by atoms with Gasteiger partial charge in [0.15, 0.2) is 24.7 Å². The normalized spacial score (nSPS) is 23.1. The molecule has 2 bridgehead atoms. The van der Waals surface area contributed by atoms with Crippen molar-refractivity contribution in [3.05, 3.63) is 71.3 Å². The first-order valence-electron chi connectivity index (χ1n) is 15.7. The first kappa shape index (κ1) is 37.6. The monoisotopic (exact) mass is 775 g/mol. The number of halogens is 7. The Labute approximate surface area is 300 Å². The fourth-order valence-corrected chi connectivity index (χ4v) is 6.79. The molecule has 2 heterocycles. The van der Waals surface area contributed by atoms with Crippen LogP contribution < -0.4 is 29.0 Å². The molecule has 0 spiro atoms. The third-order valence-corrected chi connectivity index (χ3v) is 9.48. The summed E-state index contributed by atoms with van der Waals surface area (Å²) in [7, 11) is 0. The van der Waals surface area contributed by atoms with Crippen LogP contribution in [0, 0.1) is 5.82 Å². The van der Waals surface area contributed by atoms with Gasteiger partial charge >= 0.3 is 18.4 Å². The molecule has 0 saturated heterocycles. The van der Waals surface area contributed by atoms with E-state index in [-0.39, 0.29) is 60.1 Å². The number of amides is 2. The number of aromatic nitrogens is 1. The minimum absolute atomic E-state index is 0.00127. The Morgan fingerprint density at radius 2 is 1.60 bits per heavy atom. The summed E-state index contributed by atoms with van der Waals surface area (Å²) in [6.07, 6.45) is -11.8. The van der Waals surface area contributed by atoms with Crippen LogP contribution in [0.25, 0.3) is 0 Å². The zero-order valence-electron chi connectivity index (χ0n) is 27.0. The highest BCUT2D eigenvalue weighted by atomic mass is 35.5. The van der Waals surface area contributed by atoms with Gasteiger partial charge in [-0.3, -0.25) is 14.5 Å². The number of hydrogen-bond donors (Lipinski definition) is 3. The SMILES string of the molecule is O=C(COc1ccc2c(c1)OC(F)(F)O2)NC12CCC(N(C(=O)COc3ccc(Cl)c(F)c3)C(Oc3ccc(C(F)(F)F)nc3)C(=O)O)(CC1)CC2O. The molecule has 2 aromatic carbocycles. The molecule has 2 amide bonds. The average molecular weight is 776 g/mol. The van der Waals surface area contributed by atoms with Crippen LogP contribution in [-0.4, -0.2) is 80.8 Å². The number of aliphatic carboxylic acids is 1. The summed E-state index contributed by atoms with van der Waals surface area (Å²) in [4.78, 5) is 43.7. The topological polar surface area (TPSA) is 166 Å². The van der Waals surface area contributed by atoms with Crippen LogP contribution in [-0.2, 0) is 20.6 Å². The number of fused-ring (bicyclic) bond motifs is 4. The fraction of sp³-hybridized carbons (Fsp3) is 0.394. The Kier molecular flexibility index (Phi) is 9.93. The second-order valence-corrected chi connectivity index (χ2v) is 12.9. The third kappa shape index (κ3) is 7.95. The molecule has 3 aromatic rings. The first-order valence-corrected chi connectivity index (χ1v) is 16.1. The third-order valence-electron chi connectivity index (χ3n) is 9.17. The Hall–Kier alpha value is -5.17. The van der Waals surface area contributed by atoms with Crippen LogP contribution >= 0.6 is 11.6 Å². The van der Waals surface area contributed by atoms with Gasteiger partial charge in [-0.05, 0) is 68.5 Å². The number of nitrogens with zero attached hydrogens (tertiary/aromatic N) is 2. The quantitative estimate of drug-likeness (QED) is 0.169. The van der Waals surface area contributed by atoms with Gasteiger partial charge in [-0.1, -0.05) is 11.6 Å². The lowest BCUT2D eigenvalue weighted by Gasteiger charge is -2.60. The molecule has 3 aliphatic carbocycles. The van der Waals surface area contributed by atoms with Crippen LogP contribution in [0.2, 0.25) is 5.02 Å². The lowest BCUT2D eigenvalue weighted by atomic mass is 9.59. The molecule has 3 saturated carbocycles. The molecule has 284 valence electrons. The molecule has 1 aliphatic heterocycles. The number of alkyl halides is 5. The number of benzene rings is 2. The van der Waals surface area contributed by atoms with Crippen molar-refractivity contribution in [1.82, 2.24) is 15.2 Å². The van der Waals surface area contributed by atoms with Crippen LogP contribution in [0.5, 0.6) is 28.7 Å². The van der Waals surface area contributed by atoms with Crippen LogP contribution in [0.1, 0.15) is 37.8 Å². The van der Waals surface area contributed by atoms with E-state index in [1.807, 2.05) is 0 Å². The van der Waals surface area contributed by atoms with E-state index in [2.05, 4.69) is 19.8 Å². The largest absolute Gasteiger partial charge is 0.586 e. The molecule has 3 N–H and O–H groups in total. The van der Waals surface area contributed by atoms with E-state index in [4.69, 9.17) is 25.8 Å². The van der Waals surface area contributed by atoms with Gasteiger partial charge in [0, 0.05) is 17.7 Å². The highest BCUT2D eigenvalue weighted by Crippen LogP contribution is 2.51. The number of pyridine rings is 1. The summed E-state index contributed by atoms with van der Waals surface area (Å²) < 4.78 is 105. The minimum atomic E-state index is -4.80. The van der Waals surface area contributed by atoms with Crippen LogP contribution in [0.15, 0.2) is 54.7 Å². The van der Waals surface area contributed by atoms with Gasteiger partial charge in [0.25, 0.3) is 18.0 Å². The Bertz CT molecular complexity index is 1890. The van der Waals surface area contributed by atoms with Gasteiger partial charge in [-0.15, -0.1) is 8.78 Å². The van der Waals surface area contributed by atoms with Crippen LogP contribution in [0.3, 0.4) is 0 Å². The summed E-state index contributed by atoms with van der Waals surface area (Å²) >= 11 is 5.71. The van der Waals surface area contributed by atoms with E-state index >= 15 is 0 Å². The van der Waals surface area contributed by atoms with E-state index in [0.29, 0.717) is 12.3 Å². The number of carbonyl (C=O) groups is 3. The Balaban J connectivity index is 1.19. The van der Waals surface area contributed by atoms with E-state index in [9.17, 15) is 50.9 Å². The molecule has 20 heteroatoms. The summed E-state index contributed by atoms with van der Waals surface area (Å²) in [5.41, 5.74) is -3.97. The lowest BCUT2D eigenvalue weighted by Crippen LogP contribution is -2.73.